The minimum Gasteiger partial charge on any atom is -0.478 e. The van der Waals surface area contributed by atoms with Crippen LogP contribution in [0.1, 0.15) is 32.6 Å². The lowest BCUT2D eigenvalue weighted by molar-refractivity contribution is -0.120. The zero-order chi connectivity index (χ0) is 16.2. The van der Waals surface area contributed by atoms with Crippen LogP contribution in [-0.4, -0.2) is 22.0 Å². The molecular formula is C17H11N3O3. The van der Waals surface area contributed by atoms with Crippen molar-refractivity contribution in [3.05, 3.63) is 58.3 Å². The highest BCUT2D eigenvalue weighted by Gasteiger charge is 2.51. The molecule has 0 fully saturated rings. The quantitative estimate of drug-likeness (QED) is 0.833. The number of carboxylic acids is 1. The molecule has 1 aliphatic carbocycles. The number of amides is 1. The van der Waals surface area contributed by atoms with Crippen molar-refractivity contribution < 1.29 is 14.7 Å². The molecule has 0 saturated carbocycles. The molecule has 0 radical (unpaired) electrons. The van der Waals surface area contributed by atoms with Crippen LogP contribution in [0.15, 0.2) is 30.5 Å². The minimum atomic E-state index is -0.988. The molecule has 112 valence electrons. The van der Waals surface area contributed by atoms with Crippen LogP contribution in [-0.2, 0) is 23.1 Å². The molecule has 0 bridgehead atoms. The maximum absolute atomic E-state index is 12.6. The SMILES string of the molecule is N#Cc1cnc2c(c1)C1(Cc3ccc(C(=O)O)cc3C1)C(=O)N2. The van der Waals surface area contributed by atoms with Gasteiger partial charge < -0.3 is 10.4 Å². The van der Waals surface area contributed by atoms with Crippen LogP contribution in [0.4, 0.5) is 5.82 Å². The second-order valence-corrected chi connectivity index (χ2v) is 5.91. The smallest absolute Gasteiger partial charge is 0.335 e. The summed E-state index contributed by atoms with van der Waals surface area (Å²) >= 11 is 0. The Hall–Kier alpha value is -3.20. The first-order valence-electron chi connectivity index (χ1n) is 7.11. The van der Waals surface area contributed by atoms with E-state index in [-0.39, 0.29) is 11.5 Å². The predicted molar refractivity (Wildman–Crippen MR) is 80.1 cm³/mol. The van der Waals surface area contributed by atoms with Crippen LogP contribution in [0.25, 0.3) is 0 Å². The lowest BCUT2D eigenvalue weighted by atomic mass is 9.79. The molecule has 1 aliphatic heterocycles. The number of carboxylic acid groups (broad SMARTS) is 1. The van der Waals surface area contributed by atoms with Crippen LogP contribution in [0.2, 0.25) is 0 Å². The third-order valence-electron chi connectivity index (χ3n) is 4.64. The Labute approximate surface area is 131 Å². The van der Waals surface area contributed by atoms with Gasteiger partial charge in [-0.25, -0.2) is 9.78 Å². The molecule has 1 amide bonds. The number of rotatable bonds is 1. The lowest BCUT2D eigenvalue weighted by Gasteiger charge is -2.20. The van der Waals surface area contributed by atoms with Crippen molar-refractivity contribution in [2.45, 2.75) is 18.3 Å². The summed E-state index contributed by atoms with van der Waals surface area (Å²) < 4.78 is 0. The number of nitriles is 1. The van der Waals surface area contributed by atoms with Gasteiger partial charge in [0.1, 0.15) is 11.9 Å². The Morgan fingerprint density at radius 2 is 2.09 bits per heavy atom. The fourth-order valence-corrected chi connectivity index (χ4v) is 3.50. The van der Waals surface area contributed by atoms with Gasteiger partial charge in [-0.1, -0.05) is 6.07 Å². The first kappa shape index (κ1) is 13.5. The summed E-state index contributed by atoms with van der Waals surface area (Å²) in [7, 11) is 0. The van der Waals surface area contributed by atoms with Crippen molar-refractivity contribution in [2.24, 2.45) is 0 Å². The highest BCUT2D eigenvalue weighted by atomic mass is 16.4. The summed E-state index contributed by atoms with van der Waals surface area (Å²) in [5, 5.41) is 21.0. The second kappa shape index (κ2) is 4.40. The van der Waals surface area contributed by atoms with E-state index in [0.717, 1.165) is 16.7 Å². The molecule has 2 N–H and O–H groups in total. The molecule has 0 saturated heterocycles. The molecule has 6 heteroatoms. The van der Waals surface area contributed by atoms with Gasteiger partial charge in [0, 0.05) is 11.8 Å². The van der Waals surface area contributed by atoms with E-state index in [2.05, 4.69) is 10.3 Å². The number of pyridine rings is 1. The molecule has 2 aromatic rings. The summed E-state index contributed by atoms with van der Waals surface area (Å²) in [5.41, 5.74) is 2.35. The number of aromatic nitrogens is 1. The number of benzene rings is 1. The predicted octanol–water partition coefficient (Wildman–Crippen LogP) is 1.64. The summed E-state index contributed by atoms with van der Waals surface area (Å²) in [6.07, 6.45) is 2.33. The lowest BCUT2D eigenvalue weighted by Crippen LogP contribution is -2.35. The monoisotopic (exact) mass is 305 g/mol. The fraction of sp³-hybridized carbons (Fsp3) is 0.176. The van der Waals surface area contributed by atoms with Gasteiger partial charge in [-0.05, 0) is 42.2 Å². The second-order valence-electron chi connectivity index (χ2n) is 5.91. The maximum Gasteiger partial charge on any atom is 0.335 e. The number of carbonyl (C=O) groups is 2. The summed E-state index contributed by atoms with van der Waals surface area (Å²) in [5.74, 6) is -0.651. The maximum atomic E-state index is 12.6. The number of nitrogens with zero attached hydrogens (tertiary/aromatic N) is 2. The first-order chi connectivity index (χ1) is 11.0. The Balaban J connectivity index is 1.84. The fourth-order valence-electron chi connectivity index (χ4n) is 3.50. The van der Waals surface area contributed by atoms with E-state index < -0.39 is 11.4 Å². The van der Waals surface area contributed by atoms with Crippen molar-refractivity contribution in [1.29, 1.82) is 5.26 Å². The van der Waals surface area contributed by atoms with E-state index in [1.807, 2.05) is 6.07 Å². The van der Waals surface area contributed by atoms with Gasteiger partial charge in [0.2, 0.25) is 5.91 Å². The van der Waals surface area contributed by atoms with Gasteiger partial charge in [0.25, 0.3) is 0 Å². The summed E-state index contributed by atoms with van der Waals surface area (Å²) in [6.45, 7) is 0. The summed E-state index contributed by atoms with van der Waals surface area (Å²) in [6, 6.07) is 8.68. The molecule has 23 heavy (non-hydrogen) atoms. The van der Waals surface area contributed by atoms with Crippen LogP contribution in [0, 0.1) is 11.3 Å². The van der Waals surface area contributed by atoms with Crippen LogP contribution in [0.5, 0.6) is 0 Å². The Kier molecular flexibility index (Phi) is 2.57. The average molecular weight is 305 g/mol. The Bertz CT molecular complexity index is 929. The van der Waals surface area contributed by atoms with Crippen molar-refractivity contribution >= 4 is 17.7 Å². The minimum absolute atomic E-state index is 0.150. The van der Waals surface area contributed by atoms with Gasteiger partial charge in [-0.2, -0.15) is 5.26 Å². The number of carbonyl (C=O) groups excluding carboxylic acids is 1. The van der Waals surface area contributed by atoms with E-state index in [9.17, 15) is 9.59 Å². The molecule has 1 spiro atoms. The van der Waals surface area contributed by atoms with Gasteiger partial charge in [-0.3, -0.25) is 4.79 Å². The molecule has 1 aromatic carbocycles. The van der Waals surface area contributed by atoms with Crippen molar-refractivity contribution in [2.75, 3.05) is 5.32 Å². The number of anilines is 1. The van der Waals surface area contributed by atoms with Crippen LogP contribution >= 0.6 is 0 Å². The molecule has 2 aliphatic rings. The Morgan fingerprint density at radius 3 is 2.83 bits per heavy atom. The van der Waals surface area contributed by atoms with E-state index in [4.69, 9.17) is 10.4 Å². The van der Waals surface area contributed by atoms with Gasteiger partial charge in [0.05, 0.1) is 16.5 Å². The van der Waals surface area contributed by atoms with Crippen molar-refractivity contribution in [1.82, 2.24) is 4.98 Å². The normalized spacial score (nSPS) is 20.7. The van der Waals surface area contributed by atoms with Crippen molar-refractivity contribution in [3.8, 4) is 6.07 Å². The molecule has 6 nitrogen and oxygen atoms in total. The first-order valence-corrected chi connectivity index (χ1v) is 7.11. The van der Waals surface area contributed by atoms with E-state index in [0.29, 0.717) is 24.2 Å². The standard InChI is InChI=1S/C17H11N3O3/c18-7-9-3-13-14(19-8-9)20-16(23)17(13)5-11-2-1-10(15(21)22)4-12(11)6-17/h1-4,8H,5-6H2,(H,21,22)(H,19,20,23). The van der Waals surface area contributed by atoms with Crippen LogP contribution < -0.4 is 5.32 Å². The number of hydrogen-bond donors (Lipinski definition) is 2. The third-order valence-corrected chi connectivity index (χ3v) is 4.64. The van der Waals surface area contributed by atoms with E-state index in [1.54, 1.807) is 24.3 Å². The molecule has 1 unspecified atom stereocenters. The van der Waals surface area contributed by atoms with E-state index in [1.165, 1.54) is 6.20 Å². The third kappa shape index (κ3) is 1.77. The highest BCUT2D eigenvalue weighted by molar-refractivity contribution is 6.06. The zero-order valence-corrected chi connectivity index (χ0v) is 12.0. The number of fused-ring (bicyclic) bond motifs is 3. The van der Waals surface area contributed by atoms with Crippen LogP contribution in [0.3, 0.4) is 0 Å². The average Bonchev–Trinajstić information content (AvgIpc) is 3.05. The van der Waals surface area contributed by atoms with Gasteiger partial charge in [0.15, 0.2) is 0 Å². The highest BCUT2D eigenvalue weighted by Crippen LogP contribution is 2.46. The number of nitrogens with one attached hydrogen (secondary N) is 1. The van der Waals surface area contributed by atoms with E-state index >= 15 is 0 Å². The molecule has 1 aromatic heterocycles. The Morgan fingerprint density at radius 1 is 1.30 bits per heavy atom. The molecule has 2 heterocycles. The van der Waals surface area contributed by atoms with Crippen molar-refractivity contribution in [3.63, 3.8) is 0 Å². The molecule has 1 atom stereocenters. The molecular weight excluding hydrogens is 294 g/mol. The zero-order valence-electron chi connectivity index (χ0n) is 12.0. The largest absolute Gasteiger partial charge is 0.478 e. The van der Waals surface area contributed by atoms with Gasteiger partial charge in [-0.15, -0.1) is 0 Å². The van der Waals surface area contributed by atoms with Gasteiger partial charge >= 0.3 is 5.97 Å². The molecule has 4 rings (SSSR count). The topological polar surface area (TPSA) is 103 Å². The number of hydrogen-bond acceptors (Lipinski definition) is 4. The summed E-state index contributed by atoms with van der Waals surface area (Å²) in [4.78, 5) is 27.9. The number of aromatic carboxylic acids is 1.